The maximum atomic E-state index is 11.1. The molecule has 0 aliphatic carbocycles. The highest BCUT2D eigenvalue weighted by Gasteiger charge is 2.59. The van der Waals surface area contributed by atoms with Gasteiger partial charge in [-0.15, -0.1) is 0 Å². The fourth-order valence-electron chi connectivity index (χ4n) is 1.25. The quantitative estimate of drug-likeness (QED) is 0.499. The molecule has 0 saturated carbocycles. The van der Waals surface area contributed by atoms with Crippen molar-refractivity contribution >= 4 is 15.2 Å². The first kappa shape index (κ1) is 14.5. The fourth-order valence-corrected chi connectivity index (χ4v) is 3.38. The minimum atomic E-state index is -5.38. The van der Waals surface area contributed by atoms with Gasteiger partial charge in [0.2, 0.25) is 0 Å². The predicted molar refractivity (Wildman–Crippen MR) is 59.2 cm³/mol. The number of hydrogen-bond donors (Lipinski definition) is 5. The molecule has 17 heavy (non-hydrogen) atoms. The van der Waals surface area contributed by atoms with Gasteiger partial charge < -0.3 is 24.7 Å². The molecule has 0 spiro atoms. The van der Waals surface area contributed by atoms with E-state index in [4.69, 9.17) is 19.6 Å². The van der Waals surface area contributed by atoms with Crippen molar-refractivity contribution in [3.63, 3.8) is 0 Å². The Labute approximate surface area is 97.1 Å². The van der Waals surface area contributed by atoms with Crippen LogP contribution in [0.15, 0.2) is 30.3 Å². The molecule has 0 aliphatic rings. The van der Waals surface area contributed by atoms with Gasteiger partial charge in [0.05, 0.1) is 0 Å². The third-order valence-electron chi connectivity index (χ3n) is 2.22. The molecular weight excluding hydrogens is 270 g/mol. The van der Waals surface area contributed by atoms with E-state index >= 15 is 0 Å². The summed E-state index contributed by atoms with van der Waals surface area (Å²) < 4.78 is 22.1. The molecule has 1 aromatic carbocycles. The van der Waals surface area contributed by atoms with Gasteiger partial charge in [0.25, 0.3) is 5.08 Å². The summed E-state index contributed by atoms with van der Waals surface area (Å²) >= 11 is 0. The Bertz CT molecular complexity index is 452. The molecule has 0 saturated heterocycles. The molecule has 0 aromatic heterocycles. The van der Waals surface area contributed by atoms with E-state index in [2.05, 4.69) is 0 Å². The van der Waals surface area contributed by atoms with Crippen LogP contribution in [0, 0.1) is 0 Å². The van der Waals surface area contributed by atoms with E-state index in [1.165, 1.54) is 24.3 Å². The van der Waals surface area contributed by atoms with Crippen LogP contribution in [0.4, 0.5) is 0 Å². The molecular formula is C8H12O7P2. The van der Waals surface area contributed by atoms with Gasteiger partial charge in [-0.2, -0.15) is 0 Å². The highest BCUT2D eigenvalue weighted by molar-refractivity contribution is 7.72. The molecule has 0 fully saturated rings. The average Bonchev–Trinajstić information content (AvgIpc) is 2.15. The number of aliphatic hydroxyl groups is 1. The maximum absolute atomic E-state index is 11.1. The van der Waals surface area contributed by atoms with E-state index in [0.29, 0.717) is 0 Å². The second-order valence-corrected chi connectivity index (χ2v) is 7.53. The largest absolute Gasteiger partial charge is 0.369 e. The van der Waals surface area contributed by atoms with Crippen LogP contribution in [0.3, 0.4) is 0 Å². The summed E-state index contributed by atoms with van der Waals surface area (Å²) in [5.74, 6) is 0. The minimum absolute atomic E-state index is 0.210. The van der Waals surface area contributed by atoms with Gasteiger partial charge in [-0.1, -0.05) is 30.3 Å². The van der Waals surface area contributed by atoms with Crippen molar-refractivity contribution in [2.24, 2.45) is 0 Å². The van der Waals surface area contributed by atoms with Crippen LogP contribution in [0.25, 0.3) is 0 Å². The average molecular weight is 282 g/mol. The Morgan fingerprint density at radius 3 is 1.71 bits per heavy atom. The Kier molecular flexibility index (Phi) is 3.96. The van der Waals surface area contributed by atoms with Gasteiger partial charge in [-0.25, -0.2) is 0 Å². The van der Waals surface area contributed by atoms with Gasteiger partial charge in [-0.05, 0) is 5.56 Å². The Hall–Kier alpha value is -0.520. The molecule has 9 heteroatoms. The first-order chi connectivity index (χ1) is 7.58. The van der Waals surface area contributed by atoms with Crippen molar-refractivity contribution < 1.29 is 33.8 Å². The number of hydrogen-bond acceptors (Lipinski definition) is 3. The van der Waals surface area contributed by atoms with E-state index in [1.54, 1.807) is 6.07 Å². The molecule has 1 rings (SSSR count). The summed E-state index contributed by atoms with van der Waals surface area (Å²) in [4.78, 5) is 35.6. The van der Waals surface area contributed by atoms with Gasteiger partial charge in [0.1, 0.15) is 0 Å². The van der Waals surface area contributed by atoms with Crippen LogP contribution < -0.4 is 0 Å². The molecule has 0 radical (unpaired) electrons. The van der Waals surface area contributed by atoms with Crippen molar-refractivity contribution in [1.29, 1.82) is 0 Å². The minimum Gasteiger partial charge on any atom is -0.367 e. The molecule has 0 bridgehead atoms. The SMILES string of the molecule is O=P(O)(O)C(O)(Cc1ccccc1)P(=O)(O)O. The maximum Gasteiger partial charge on any atom is 0.369 e. The van der Waals surface area contributed by atoms with Crippen LogP contribution in [-0.2, 0) is 15.6 Å². The molecule has 1 aromatic rings. The molecule has 5 N–H and O–H groups in total. The van der Waals surface area contributed by atoms with Crippen LogP contribution in [0.1, 0.15) is 5.56 Å². The molecule has 0 heterocycles. The van der Waals surface area contributed by atoms with E-state index in [0.717, 1.165) is 0 Å². The third-order valence-corrected chi connectivity index (χ3v) is 5.96. The molecule has 0 unspecified atom stereocenters. The van der Waals surface area contributed by atoms with E-state index < -0.39 is 26.7 Å². The Morgan fingerprint density at radius 1 is 0.941 bits per heavy atom. The Morgan fingerprint density at radius 2 is 1.35 bits per heavy atom. The summed E-state index contributed by atoms with van der Waals surface area (Å²) in [6.07, 6.45) is -0.831. The van der Waals surface area contributed by atoms with Gasteiger partial charge in [-0.3, -0.25) is 9.13 Å². The molecule has 7 nitrogen and oxygen atoms in total. The zero-order valence-electron chi connectivity index (χ0n) is 8.54. The standard InChI is InChI=1S/C8H12O7P2/c9-8(16(10,11)12,17(13,14)15)6-7-4-2-1-3-5-7/h1-5,9H,6H2,(H2,10,11,12)(H2,13,14,15). The monoisotopic (exact) mass is 282 g/mol. The van der Waals surface area contributed by atoms with Crippen LogP contribution in [0.5, 0.6) is 0 Å². The summed E-state index contributed by atoms with van der Waals surface area (Å²) in [5, 5.41) is 6.22. The normalized spacial score (nSPS) is 13.7. The lowest BCUT2D eigenvalue weighted by Gasteiger charge is -2.29. The lowest BCUT2D eigenvalue weighted by atomic mass is 10.2. The fraction of sp³-hybridized carbons (Fsp3) is 0.250. The van der Waals surface area contributed by atoms with Gasteiger partial charge in [0, 0.05) is 6.42 Å². The van der Waals surface area contributed by atoms with Crippen LogP contribution >= 0.6 is 15.2 Å². The summed E-state index contributed by atoms with van der Waals surface area (Å²) in [6, 6.07) is 7.47. The second-order valence-electron chi connectivity index (χ2n) is 3.52. The zero-order valence-corrected chi connectivity index (χ0v) is 10.3. The second kappa shape index (κ2) is 4.63. The highest BCUT2D eigenvalue weighted by atomic mass is 31.2. The van der Waals surface area contributed by atoms with Crippen molar-refractivity contribution in [3.8, 4) is 0 Å². The van der Waals surface area contributed by atoms with Crippen LogP contribution in [0.2, 0.25) is 0 Å². The van der Waals surface area contributed by atoms with E-state index in [9.17, 15) is 14.2 Å². The smallest absolute Gasteiger partial charge is 0.367 e. The lowest BCUT2D eigenvalue weighted by Crippen LogP contribution is -2.31. The van der Waals surface area contributed by atoms with Crippen molar-refractivity contribution in [2.45, 2.75) is 11.5 Å². The molecule has 0 amide bonds. The lowest BCUT2D eigenvalue weighted by molar-refractivity contribution is 0.131. The summed E-state index contributed by atoms with van der Waals surface area (Å²) in [7, 11) is -10.8. The van der Waals surface area contributed by atoms with E-state index in [-0.39, 0.29) is 5.56 Å². The topological polar surface area (TPSA) is 135 Å². The van der Waals surface area contributed by atoms with E-state index in [1.807, 2.05) is 0 Å². The number of rotatable bonds is 4. The summed E-state index contributed by atoms with van der Waals surface area (Å²) in [5.41, 5.74) is 0.210. The molecule has 0 aliphatic heterocycles. The summed E-state index contributed by atoms with van der Waals surface area (Å²) in [6.45, 7) is 0. The van der Waals surface area contributed by atoms with Crippen molar-refractivity contribution in [2.75, 3.05) is 0 Å². The van der Waals surface area contributed by atoms with Gasteiger partial charge >= 0.3 is 15.2 Å². The van der Waals surface area contributed by atoms with Crippen LogP contribution in [-0.4, -0.2) is 29.8 Å². The first-order valence-electron chi connectivity index (χ1n) is 4.45. The predicted octanol–water partition coefficient (Wildman–Crippen LogP) is 0.231. The Balaban J connectivity index is 3.20. The molecule has 96 valence electrons. The molecule has 0 atom stereocenters. The first-order valence-corrected chi connectivity index (χ1v) is 7.68. The van der Waals surface area contributed by atoms with Crippen molar-refractivity contribution in [1.82, 2.24) is 0 Å². The van der Waals surface area contributed by atoms with Crippen molar-refractivity contribution in [3.05, 3.63) is 35.9 Å². The van der Waals surface area contributed by atoms with Gasteiger partial charge in [0.15, 0.2) is 0 Å². The third kappa shape index (κ3) is 3.03. The number of benzene rings is 1. The highest BCUT2D eigenvalue weighted by Crippen LogP contribution is 2.68. The zero-order chi connectivity index (χ0) is 13.3.